The van der Waals surface area contributed by atoms with E-state index in [0.29, 0.717) is 45.3 Å². The zero-order chi connectivity index (χ0) is 44.1. The Morgan fingerprint density at radius 1 is 1.10 bits per heavy atom. The fourth-order valence-electron chi connectivity index (χ4n) is 9.97. The summed E-state index contributed by atoms with van der Waals surface area (Å²) in [5.41, 5.74) is 2.76. The summed E-state index contributed by atoms with van der Waals surface area (Å²) in [5.74, 6) is -3.56. The Morgan fingerprint density at radius 3 is 2.47 bits per heavy atom. The van der Waals surface area contributed by atoms with Crippen molar-refractivity contribution in [3.8, 4) is 11.3 Å². The van der Waals surface area contributed by atoms with Crippen LogP contribution in [0.15, 0.2) is 37.1 Å². The van der Waals surface area contributed by atoms with E-state index in [1.807, 2.05) is 76.5 Å². The maximum Gasteiger partial charge on any atom is 0.425 e. The third-order valence-corrected chi connectivity index (χ3v) is 13.3. The van der Waals surface area contributed by atoms with Gasteiger partial charge >= 0.3 is 12.1 Å². The molecule has 16 heteroatoms. The number of amides is 1. The Kier molecular flexibility index (Phi) is 15.9. The lowest BCUT2D eigenvalue weighted by atomic mass is 9.71. The van der Waals surface area contributed by atoms with Crippen LogP contribution in [-0.4, -0.2) is 142 Å². The van der Waals surface area contributed by atoms with Crippen molar-refractivity contribution in [2.75, 3.05) is 34.3 Å². The number of ketones is 1. The maximum absolute atomic E-state index is 14.5. The molecule has 3 aliphatic rings. The summed E-state index contributed by atoms with van der Waals surface area (Å²) in [5, 5.41) is 16.8. The van der Waals surface area contributed by atoms with Crippen LogP contribution >= 0.6 is 0 Å². The van der Waals surface area contributed by atoms with Gasteiger partial charge in [0.05, 0.1) is 35.9 Å². The van der Waals surface area contributed by atoms with Crippen molar-refractivity contribution in [1.29, 1.82) is 0 Å². The molecule has 60 heavy (non-hydrogen) atoms. The minimum atomic E-state index is -1.28. The molecule has 3 saturated heterocycles. The molecule has 16 nitrogen and oxygen atoms in total. The van der Waals surface area contributed by atoms with Crippen molar-refractivity contribution in [2.24, 2.45) is 23.7 Å². The number of Topliss-reactive ketones (excluding diaryl/α,β-unsaturated/α-hetero) is 1. The standard InChI is InChI=1S/C44H71N7O9/c1-13-34-44(9)38(51(42(55)60-44)48-19-16-20-50-24-32(47-25-50)31-17-15-18-45-23-31)28(5)35(46-14-2)26(3)22-43(8,56-12)39(29(6)36(52)30(7)40(54)58-34)59-41-37(53)33(49(10)11)21-27(4)57-41/h15,17-18,23-30,33-35,37-39,41,46,48,53H,13-14,16,19-22H2,1-12H3/t26-,27-,28-,29+,30-,33+,34+,35?,37-,38-,39-,41+,43+,44-/m1/s1. The first kappa shape index (κ1) is 47.5. The number of aromatic nitrogens is 3. The van der Waals surface area contributed by atoms with Gasteiger partial charge in [-0.15, -0.1) is 0 Å². The topological polar surface area (TPSA) is 179 Å². The number of carbonyl (C=O) groups is 3. The van der Waals surface area contributed by atoms with E-state index in [-0.39, 0.29) is 30.0 Å². The van der Waals surface area contributed by atoms with Gasteiger partial charge in [0.2, 0.25) is 0 Å². The first-order valence-electron chi connectivity index (χ1n) is 21.8. The molecule has 2 aromatic heterocycles. The predicted octanol–water partition coefficient (Wildman–Crippen LogP) is 4.45. The summed E-state index contributed by atoms with van der Waals surface area (Å²) in [6.07, 6.45) is 4.63. The number of aliphatic hydroxyl groups is 1. The third kappa shape index (κ3) is 10.1. The smallest absolute Gasteiger partial charge is 0.425 e. The molecule has 0 radical (unpaired) electrons. The van der Waals surface area contributed by atoms with Crippen LogP contribution in [0.4, 0.5) is 4.79 Å². The Labute approximate surface area is 356 Å². The molecule has 336 valence electrons. The van der Waals surface area contributed by atoms with E-state index in [1.54, 1.807) is 37.8 Å². The van der Waals surface area contributed by atoms with Crippen LogP contribution in [-0.2, 0) is 39.8 Å². The predicted molar refractivity (Wildman–Crippen MR) is 225 cm³/mol. The number of imidazole rings is 1. The molecule has 0 aliphatic carbocycles. The number of hydrogen-bond donors (Lipinski definition) is 3. The Bertz CT molecular complexity index is 1730. The number of likely N-dealkylation sites (N-methyl/N-ethyl adjacent to an activating group) is 1. The van der Waals surface area contributed by atoms with Crippen LogP contribution in [0.25, 0.3) is 11.3 Å². The van der Waals surface area contributed by atoms with Crippen molar-refractivity contribution in [2.45, 2.75) is 155 Å². The van der Waals surface area contributed by atoms with Crippen LogP contribution in [0.5, 0.6) is 0 Å². The maximum atomic E-state index is 14.5. The summed E-state index contributed by atoms with van der Waals surface area (Å²) in [7, 11) is 5.41. The third-order valence-electron chi connectivity index (χ3n) is 13.3. The number of nitrogens with zero attached hydrogens (tertiary/aromatic N) is 5. The van der Waals surface area contributed by atoms with Gasteiger partial charge in [0.1, 0.15) is 18.1 Å². The molecule has 1 unspecified atom stereocenters. The molecule has 3 N–H and O–H groups in total. The lowest BCUT2D eigenvalue weighted by molar-refractivity contribution is -0.295. The van der Waals surface area contributed by atoms with Gasteiger partial charge in [0.15, 0.2) is 17.7 Å². The summed E-state index contributed by atoms with van der Waals surface area (Å²) in [4.78, 5) is 53.3. The van der Waals surface area contributed by atoms with Gasteiger partial charge in [0, 0.05) is 62.4 Å². The second-order valence-electron chi connectivity index (χ2n) is 17.9. The summed E-state index contributed by atoms with van der Waals surface area (Å²) < 4.78 is 33.9. The SMILES string of the molecule is CCNC1[C@H](C)C[C@](C)(OC)[C@H](O[C@@H]2O[C@H](C)C[C@H](N(C)C)[C@H]2O)[C@@H](C)C(=O)[C@@H](C)C(=O)O[C@@H](CC)[C@@]2(C)OC(=O)N(NCCCn3cnc(-c4cccnc4)c3)[C@@H]2[C@@H]1C. The van der Waals surface area contributed by atoms with Crippen LogP contribution in [0, 0.1) is 23.7 Å². The summed E-state index contributed by atoms with van der Waals surface area (Å²) >= 11 is 0. The number of methoxy groups -OCH3 is 1. The fraction of sp³-hybridized carbons (Fsp3) is 0.750. The molecule has 0 saturated carbocycles. The Balaban J connectivity index is 1.47. The number of hydrazine groups is 1. The van der Waals surface area contributed by atoms with Gasteiger partial charge in [0.25, 0.3) is 0 Å². The number of ether oxygens (including phenoxy) is 5. The molecule has 0 bridgehead atoms. The number of aryl methyl sites for hydroxylation is 1. The average Bonchev–Trinajstić information content (AvgIpc) is 3.80. The minimum absolute atomic E-state index is 0.121. The quantitative estimate of drug-likeness (QED) is 0.146. The molecule has 5 heterocycles. The monoisotopic (exact) mass is 842 g/mol. The zero-order valence-corrected chi connectivity index (χ0v) is 37.8. The molecule has 14 atom stereocenters. The number of esters is 1. The van der Waals surface area contributed by atoms with Gasteiger partial charge in [-0.3, -0.25) is 14.6 Å². The number of pyridine rings is 1. The van der Waals surface area contributed by atoms with Gasteiger partial charge < -0.3 is 43.6 Å². The minimum Gasteiger partial charge on any atom is -0.458 e. The molecule has 3 aliphatic heterocycles. The zero-order valence-electron chi connectivity index (χ0n) is 37.8. The molecular formula is C44H71N7O9. The van der Waals surface area contributed by atoms with Gasteiger partial charge in [-0.05, 0) is 98.0 Å². The van der Waals surface area contributed by atoms with Gasteiger partial charge in [-0.2, -0.15) is 0 Å². The number of cyclic esters (lactones) is 1. The lowest BCUT2D eigenvalue weighted by Crippen LogP contribution is -2.63. The number of fused-ring (bicyclic) bond motifs is 1. The highest BCUT2D eigenvalue weighted by atomic mass is 16.7. The first-order chi connectivity index (χ1) is 28.4. The van der Waals surface area contributed by atoms with E-state index >= 15 is 0 Å². The Morgan fingerprint density at radius 2 is 1.83 bits per heavy atom. The van der Waals surface area contributed by atoms with Crippen molar-refractivity contribution < 1.29 is 43.2 Å². The molecular weight excluding hydrogens is 771 g/mol. The van der Waals surface area contributed by atoms with E-state index < -0.39 is 71.5 Å². The highest BCUT2D eigenvalue weighted by Gasteiger charge is 2.60. The lowest BCUT2D eigenvalue weighted by Gasteiger charge is -2.48. The van der Waals surface area contributed by atoms with Gasteiger partial charge in [-0.25, -0.2) is 20.2 Å². The van der Waals surface area contributed by atoms with Crippen molar-refractivity contribution in [3.63, 3.8) is 0 Å². The molecule has 1 amide bonds. The molecule has 0 aromatic carbocycles. The summed E-state index contributed by atoms with van der Waals surface area (Å²) in [6, 6.07) is 2.77. The number of carbonyl (C=O) groups excluding carboxylic acids is 3. The van der Waals surface area contributed by atoms with Crippen molar-refractivity contribution in [1.82, 2.24) is 35.2 Å². The van der Waals surface area contributed by atoms with Crippen LogP contribution in [0.1, 0.15) is 88.0 Å². The largest absolute Gasteiger partial charge is 0.458 e. The second kappa shape index (κ2) is 20.1. The number of nitrogens with one attached hydrogen (secondary N) is 2. The van der Waals surface area contributed by atoms with E-state index in [9.17, 15) is 19.5 Å². The van der Waals surface area contributed by atoms with Gasteiger partial charge in [-0.1, -0.05) is 34.6 Å². The highest BCUT2D eigenvalue weighted by molar-refractivity contribution is 6.00. The summed E-state index contributed by atoms with van der Waals surface area (Å²) in [6.45, 7) is 18.8. The molecule has 5 rings (SSSR count). The van der Waals surface area contributed by atoms with E-state index in [4.69, 9.17) is 23.7 Å². The molecule has 2 aromatic rings. The second-order valence-corrected chi connectivity index (χ2v) is 17.9. The van der Waals surface area contributed by atoms with Crippen LogP contribution < -0.4 is 10.7 Å². The highest BCUT2D eigenvalue weighted by Crippen LogP contribution is 2.43. The van der Waals surface area contributed by atoms with Crippen LogP contribution in [0.2, 0.25) is 0 Å². The average molecular weight is 842 g/mol. The first-order valence-corrected chi connectivity index (χ1v) is 21.8. The van der Waals surface area contributed by atoms with Crippen molar-refractivity contribution in [3.05, 3.63) is 37.1 Å². The van der Waals surface area contributed by atoms with E-state index in [0.717, 1.165) is 11.3 Å². The van der Waals surface area contributed by atoms with E-state index in [2.05, 4.69) is 34.6 Å². The molecule has 0 spiro atoms. The number of hydrogen-bond acceptors (Lipinski definition) is 14. The Hall–Kier alpha value is -3.51. The molecule has 3 fully saturated rings. The van der Waals surface area contributed by atoms with E-state index in [1.165, 1.54) is 6.92 Å². The fourth-order valence-corrected chi connectivity index (χ4v) is 9.97. The normalized spacial score (nSPS) is 37.1. The van der Waals surface area contributed by atoms with Crippen molar-refractivity contribution >= 4 is 17.8 Å². The number of rotatable bonds is 13. The van der Waals surface area contributed by atoms with Crippen LogP contribution in [0.3, 0.4) is 0 Å². The number of aliphatic hydroxyl groups excluding tert-OH is 1.